The Morgan fingerprint density at radius 1 is 1.52 bits per heavy atom. The topological polar surface area (TPSA) is 70.7 Å². The van der Waals surface area contributed by atoms with Gasteiger partial charge in [0.2, 0.25) is 0 Å². The minimum absolute atomic E-state index is 0.188. The van der Waals surface area contributed by atoms with Crippen molar-refractivity contribution in [2.24, 2.45) is 0 Å². The molecule has 0 saturated heterocycles. The maximum absolute atomic E-state index is 12.2. The van der Waals surface area contributed by atoms with E-state index in [0.717, 1.165) is 0 Å². The van der Waals surface area contributed by atoms with Crippen LogP contribution in [-0.2, 0) is 9.53 Å². The summed E-state index contributed by atoms with van der Waals surface area (Å²) in [6.07, 6.45) is 0. The Bertz CT molecular complexity index is 598. The van der Waals surface area contributed by atoms with Crippen LogP contribution in [0, 0.1) is 0 Å². The molecule has 1 aliphatic rings. The first-order valence-electron chi connectivity index (χ1n) is 7.65. The smallest absolute Gasteiger partial charge is 0.337 e. The molecule has 126 valence electrons. The Balaban J connectivity index is 2.22. The number of likely N-dealkylation sites (N-methyl/N-ethyl adjacent to an activating group) is 1. The monoisotopic (exact) mass is 337 g/mol. The lowest BCUT2D eigenvalue weighted by atomic mass is 10.0. The molecule has 2 unspecified atom stereocenters. The number of carbonyl (C=O) groups excluding carboxylic acids is 2. The molecule has 1 aromatic heterocycles. The minimum Gasteiger partial charge on any atom is -0.463 e. The maximum Gasteiger partial charge on any atom is 0.337 e. The summed E-state index contributed by atoms with van der Waals surface area (Å²) in [6, 6.07) is 3.62. The molecule has 2 rings (SSSR count). The number of nitrogens with zero attached hydrogens (tertiary/aromatic N) is 1. The van der Waals surface area contributed by atoms with Crippen molar-refractivity contribution in [2.75, 3.05) is 20.2 Å². The molecule has 0 radical (unpaired) electrons. The largest absolute Gasteiger partial charge is 0.463 e. The summed E-state index contributed by atoms with van der Waals surface area (Å²) < 4.78 is 5.13. The highest BCUT2D eigenvalue weighted by molar-refractivity contribution is 7.10. The zero-order valence-electron chi connectivity index (χ0n) is 13.9. The number of rotatable bonds is 6. The van der Waals surface area contributed by atoms with Crippen LogP contribution in [-0.4, -0.2) is 43.1 Å². The molecule has 7 heteroatoms. The van der Waals surface area contributed by atoms with Crippen LogP contribution in [0.15, 0.2) is 28.8 Å². The predicted molar refractivity (Wildman–Crippen MR) is 90.2 cm³/mol. The van der Waals surface area contributed by atoms with Gasteiger partial charge in [0.1, 0.15) is 0 Å². The normalized spacial score (nSPS) is 19.3. The van der Waals surface area contributed by atoms with Crippen molar-refractivity contribution >= 4 is 23.3 Å². The van der Waals surface area contributed by atoms with Gasteiger partial charge in [-0.25, -0.2) is 9.59 Å². The van der Waals surface area contributed by atoms with E-state index in [2.05, 4.69) is 28.5 Å². The van der Waals surface area contributed by atoms with Crippen molar-refractivity contribution < 1.29 is 14.3 Å². The molecular formula is C16H23N3O3S. The Morgan fingerprint density at radius 2 is 2.26 bits per heavy atom. The summed E-state index contributed by atoms with van der Waals surface area (Å²) >= 11 is 1.69. The molecule has 2 N–H and O–H groups in total. The zero-order chi connectivity index (χ0) is 17.0. The second kappa shape index (κ2) is 7.61. The average Bonchev–Trinajstić information content (AvgIpc) is 2.99. The van der Waals surface area contributed by atoms with Crippen molar-refractivity contribution in [3.8, 4) is 0 Å². The highest BCUT2D eigenvalue weighted by Gasteiger charge is 2.30. The number of carbonyl (C=O) groups is 2. The Hall–Kier alpha value is -1.86. The van der Waals surface area contributed by atoms with Crippen molar-refractivity contribution in [3.05, 3.63) is 33.7 Å². The molecule has 2 heterocycles. The van der Waals surface area contributed by atoms with Gasteiger partial charge >= 0.3 is 12.0 Å². The van der Waals surface area contributed by atoms with Gasteiger partial charge in [-0.3, -0.25) is 4.90 Å². The summed E-state index contributed by atoms with van der Waals surface area (Å²) in [4.78, 5) is 27.3. The van der Waals surface area contributed by atoms with Crippen LogP contribution in [0.25, 0.3) is 0 Å². The highest BCUT2D eigenvalue weighted by atomic mass is 32.1. The number of thiophene rings is 1. The van der Waals surface area contributed by atoms with Crippen LogP contribution in [0.1, 0.15) is 31.7 Å². The molecular weight excluding hydrogens is 314 g/mol. The standard InChI is InChI=1S/C16H23N3O3S/c1-5-22-15(20)14-10(2)17-16(21)18-12(14)9-19(4)11(3)13-7-6-8-23-13/h6-8,10-11H,5,9H2,1-4H3,(H2,17,18,21). The number of nitrogens with one attached hydrogen (secondary N) is 2. The molecule has 0 aromatic carbocycles. The van der Waals surface area contributed by atoms with Gasteiger partial charge in [0.25, 0.3) is 0 Å². The molecule has 0 bridgehead atoms. The van der Waals surface area contributed by atoms with E-state index in [0.29, 0.717) is 24.4 Å². The molecule has 1 aromatic rings. The van der Waals surface area contributed by atoms with Crippen molar-refractivity contribution in [2.45, 2.75) is 32.9 Å². The molecule has 0 spiro atoms. The predicted octanol–water partition coefficient (Wildman–Crippen LogP) is 2.26. The lowest BCUT2D eigenvalue weighted by Crippen LogP contribution is -2.51. The molecule has 0 saturated carbocycles. The lowest BCUT2D eigenvalue weighted by molar-refractivity contribution is -0.139. The summed E-state index contributed by atoms with van der Waals surface area (Å²) in [5, 5.41) is 7.50. The number of hydrogen-bond acceptors (Lipinski definition) is 5. The number of esters is 1. The van der Waals surface area contributed by atoms with Crippen LogP contribution in [0.4, 0.5) is 4.79 Å². The zero-order valence-corrected chi connectivity index (χ0v) is 14.7. The molecule has 1 aliphatic heterocycles. The molecule has 0 aliphatic carbocycles. The third kappa shape index (κ3) is 4.11. The van der Waals surface area contributed by atoms with Crippen LogP contribution in [0.3, 0.4) is 0 Å². The Morgan fingerprint density at radius 3 is 2.87 bits per heavy atom. The van der Waals surface area contributed by atoms with Crippen LogP contribution in [0.5, 0.6) is 0 Å². The van der Waals surface area contributed by atoms with Gasteiger partial charge in [-0.2, -0.15) is 0 Å². The third-order valence-corrected chi connectivity index (χ3v) is 4.93. The quantitative estimate of drug-likeness (QED) is 0.781. The number of ether oxygens (including phenoxy) is 1. The molecule has 23 heavy (non-hydrogen) atoms. The van der Waals surface area contributed by atoms with Gasteiger partial charge in [0.15, 0.2) is 0 Å². The van der Waals surface area contributed by atoms with Crippen molar-refractivity contribution in [1.29, 1.82) is 0 Å². The first-order chi connectivity index (χ1) is 10.9. The maximum atomic E-state index is 12.2. The first kappa shape index (κ1) is 17.5. The van der Waals surface area contributed by atoms with E-state index in [4.69, 9.17) is 4.74 Å². The number of urea groups is 1. The minimum atomic E-state index is -0.389. The van der Waals surface area contributed by atoms with Crippen LogP contribution in [0.2, 0.25) is 0 Å². The lowest BCUT2D eigenvalue weighted by Gasteiger charge is -2.31. The van der Waals surface area contributed by atoms with E-state index < -0.39 is 0 Å². The van der Waals surface area contributed by atoms with E-state index in [9.17, 15) is 9.59 Å². The second-order valence-electron chi connectivity index (χ2n) is 5.54. The average molecular weight is 337 g/mol. The van der Waals surface area contributed by atoms with Crippen LogP contribution >= 0.6 is 11.3 Å². The molecule has 2 atom stereocenters. The highest BCUT2D eigenvalue weighted by Crippen LogP contribution is 2.25. The van der Waals surface area contributed by atoms with E-state index >= 15 is 0 Å². The first-order valence-corrected chi connectivity index (χ1v) is 8.53. The third-order valence-electron chi connectivity index (χ3n) is 3.89. The summed E-state index contributed by atoms with van der Waals surface area (Å²) in [5.74, 6) is -0.389. The fourth-order valence-corrected chi connectivity index (χ4v) is 3.38. The van der Waals surface area contributed by atoms with Crippen molar-refractivity contribution in [1.82, 2.24) is 15.5 Å². The van der Waals surface area contributed by atoms with Crippen molar-refractivity contribution in [3.63, 3.8) is 0 Å². The summed E-state index contributed by atoms with van der Waals surface area (Å²) in [5.41, 5.74) is 1.09. The number of amides is 2. The summed E-state index contributed by atoms with van der Waals surface area (Å²) in [6.45, 7) is 6.42. The van der Waals surface area contributed by atoms with Gasteiger partial charge in [-0.1, -0.05) is 6.07 Å². The fourth-order valence-electron chi connectivity index (χ4n) is 2.54. The van der Waals surface area contributed by atoms with E-state index in [1.165, 1.54) is 4.88 Å². The van der Waals surface area contributed by atoms with E-state index in [1.54, 1.807) is 25.2 Å². The number of hydrogen-bond donors (Lipinski definition) is 2. The Kier molecular flexibility index (Phi) is 5.79. The van der Waals surface area contributed by atoms with Gasteiger partial charge in [0.05, 0.1) is 18.2 Å². The van der Waals surface area contributed by atoms with Crippen LogP contribution < -0.4 is 10.6 Å². The summed E-state index contributed by atoms with van der Waals surface area (Å²) in [7, 11) is 1.97. The van der Waals surface area contributed by atoms with Gasteiger partial charge in [0, 0.05) is 23.2 Å². The molecule has 2 amide bonds. The van der Waals surface area contributed by atoms with Gasteiger partial charge in [-0.15, -0.1) is 11.3 Å². The van der Waals surface area contributed by atoms with Gasteiger partial charge in [-0.05, 0) is 39.3 Å². The van der Waals surface area contributed by atoms with E-state index in [1.807, 2.05) is 18.5 Å². The Labute approximate surface area is 140 Å². The SMILES string of the molecule is CCOC(=O)C1=C(CN(C)C(C)c2cccs2)NC(=O)NC1C. The second-order valence-corrected chi connectivity index (χ2v) is 6.52. The fraction of sp³-hybridized carbons (Fsp3) is 0.500. The van der Waals surface area contributed by atoms with Gasteiger partial charge < -0.3 is 15.4 Å². The molecule has 0 fully saturated rings. The van der Waals surface area contributed by atoms with E-state index in [-0.39, 0.29) is 24.1 Å². The molecule has 6 nitrogen and oxygen atoms in total.